The molecule has 25 heavy (non-hydrogen) atoms. The zero-order valence-electron chi connectivity index (χ0n) is 14.4. The third-order valence-corrected chi connectivity index (χ3v) is 4.42. The molecule has 1 aliphatic heterocycles. The van der Waals surface area contributed by atoms with Gasteiger partial charge in [-0.25, -0.2) is 9.48 Å². The largest absolute Gasteiger partial charge is 0.461 e. The van der Waals surface area contributed by atoms with Crippen LogP contribution in [0.5, 0.6) is 0 Å². The summed E-state index contributed by atoms with van der Waals surface area (Å²) in [6.45, 7) is 5.73. The van der Waals surface area contributed by atoms with E-state index in [9.17, 15) is 9.59 Å². The molecular weight excluding hydrogens is 320 g/mol. The molecule has 1 fully saturated rings. The molecule has 1 aromatic carbocycles. The molecule has 1 amide bonds. The summed E-state index contributed by atoms with van der Waals surface area (Å²) in [5, 5.41) is 10.4. The van der Waals surface area contributed by atoms with E-state index in [2.05, 4.69) is 15.7 Å². The number of nitrogens with one attached hydrogen (secondary N) is 2. The SMILES string of the molecule is CCOC(=O)c1ccn(-c2ccccc2NC(=O)C(C)C2CNC2)n1. The number of amides is 1. The van der Waals surface area contributed by atoms with Gasteiger partial charge in [0.05, 0.1) is 18.0 Å². The van der Waals surface area contributed by atoms with Crippen molar-refractivity contribution in [3.05, 3.63) is 42.2 Å². The number of carbonyl (C=O) groups is 2. The summed E-state index contributed by atoms with van der Waals surface area (Å²) in [5.74, 6) is -0.181. The Morgan fingerprint density at radius 3 is 2.80 bits per heavy atom. The van der Waals surface area contributed by atoms with Gasteiger partial charge in [-0.2, -0.15) is 5.10 Å². The van der Waals surface area contributed by atoms with E-state index in [1.807, 2.05) is 31.2 Å². The summed E-state index contributed by atoms with van der Waals surface area (Å²) in [5.41, 5.74) is 1.59. The zero-order chi connectivity index (χ0) is 17.8. The van der Waals surface area contributed by atoms with Gasteiger partial charge in [-0.3, -0.25) is 4.79 Å². The van der Waals surface area contributed by atoms with Crippen LogP contribution in [0.2, 0.25) is 0 Å². The summed E-state index contributed by atoms with van der Waals surface area (Å²) < 4.78 is 6.52. The summed E-state index contributed by atoms with van der Waals surface area (Å²) >= 11 is 0. The number of hydrogen-bond donors (Lipinski definition) is 2. The molecule has 1 unspecified atom stereocenters. The highest BCUT2D eigenvalue weighted by atomic mass is 16.5. The smallest absolute Gasteiger partial charge is 0.358 e. The number of para-hydroxylation sites is 2. The van der Waals surface area contributed by atoms with Crippen LogP contribution < -0.4 is 10.6 Å². The first-order chi connectivity index (χ1) is 12.1. The third kappa shape index (κ3) is 3.71. The van der Waals surface area contributed by atoms with Crippen LogP contribution in [0, 0.1) is 11.8 Å². The lowest BCUT2D eigenvalue weighted by Crippen LogP contribution is -2.48. The molecule has 132 valence electrons. The molecule has 1 saturated heterocycles. The molecule has 7 nitrogen and oxygen atoms in total. The fourth-order valence-corrected chi connectivity index (χ4v) is 2.68. The van der Waals surface area contributed by atoms with Crippen molar-refractivity contribution in [1.82, 2.24) is 15.1 Å². The zero-order valence-corrected chi connectivity index (χ0v) is 14.4. The van der Waals surface area contributed by atoms with Gasteiger partial charge >= 0.3 is 5.97 Å². The maximum Gasteiger partial charge on any atom is 0.358 e. The van der Waals surface area contributed by atoms with Crippen LogP contribution in [-0.4, -0.2) is 41.4 Å². The summed E-state index contributed by atoms with van der Waals surface area (Å²) in [6.07, 6.45) is 1.68. The molecule has 2 heterocycles. The Labute approximate surface area is 146 Å². The van der Waals surface area contributed by atoms with Gasteiger partial charge in [-0.05, 0) is 44.1 Å². The topological polar surface area (TPSA) is 85.2 Å². The Morgan fingerprint density at radius 1 is 1.36 bits per heavy atom. The Morgan fingerprint density at radius 2 is 2.12 bits per heavy atom. The van der Waals surface area contributed by atoms with E-state index >= 15 is 0 Å². The number of rotatable bonds is 6. The van der Waals surface area contributed by atoms with Crippen molar-refractivity contribution >= 4 is 17.6 Å². The Kier molecular flexibility index (Phi) is 5.14. The van der Waals surface area contributed by atoms with Gasteiger partial charge in [0.2, 0.25) is 5.91 Å². The Bertz CT molecular complexity index is 767. The van der Waals surface area contributed by atoms with E-state index in [-0.39, 0.29) is 17.5 Å². The van der Waals surface area contributed by atoms with Crippen molar-refractivity contribution in [2.75, 3.05) is 25.0 Å². The first-order valence-corrected chi connectivity index (χ1v) is 8.44. The predicted octanol–water partition coefficient (Wildman–Crippen LogP) is 1.84. The quantitative estimate of drug-likeness (QED) is 0.783. The van der Waals surface area contributed by atoms with Gasteiger partial charge in [0.1, 0.15) is 0 Å². The molecule has 0 saturated carbocycles. The lowest BCUT2D eigenvalue weighted by molar-refractivity contribution is -0.121. The molecule has 2 aromatic rings. The van der Waals surface area contributed by atoms with E-state index in [0.717, 1.165) is 13.1 Å². The van der Waals surface area contributed by atoms with Gasteiger partial charge in [-0.15, -0.1) is 0 Å². The molecule has 1 aliphatic rings. The molecule has 3 rings (SSSR count). The van der Waals surface area contributed by atoms with Crippen molar-refractivity contribution in [3.63, 3.8) is 0 Å². The van der Waals surface area contributed by atoms with Crippen LogP contribution in [0.15, 0.2) is 36.5 Å². The number of carbonyl (C=O) groups excluding carboxylic acids is 2. The van der Waals surface area contributed by atoms with Gasteiger partial charge in [0.25, 0.3) is 0 Å². The van der Waals surface area contributed by atoms with Crippen molar-refractivity contribution in [2.24, 2.45) is 11.8 Å². The van der Waals surface area contributed by atoms with Crippen LogP contribution in [0.4, 0.5) is 5.69 Å². The molecule has 7 heteroatoms. The molecule has 0 spiro atoms. The van der Waals surface area contributed by atoms with Gasteiger partial charge in [0, 0.05) is 12.1 Å². The highest BCUT2D eigenvalue weighted by molar-refractivity contribution is 5.94. The van der Waals surface area contributed by atoms with E-state index in [0.29, 0.717) is 23.9 Å². The fraction of sp³-hybridized carbons (Fsp3) is 0.389. The van der Waals surface area contributed by atoms with Crippen molar-refractivity contribution < 1.29 is 14.3 Å². The minimum Gasteiger partial charge on any atom is -0.461 e. The normalized spacial score (nSPS) is 15.3. The summed E-state index contributed by atoms with van der Waals surface area (Å²) in [7, 11) is 0. The molecule has 2 N–H and O–H groups in total. The maximum absolute atomic E-state index is 12.5. The molecule has 1 aromatic heterocycles. The van der Waals surface area contributed by atoms with Crippen LogP contribution in [0.25, 0.3) is 5.69 Å². The number of esters is 1. The number of anilines is 1. The predicted molar refractivity (Wildman–Crippen MR) is 93.7 cm³/mol. The number of benzene rings is 1. The number of nitrogens with zero attached hydrogens (tertiary/aromatic N) is 2. The van der Waals surface area contributed by atoms with Gasteiger partial charge in [-0.1, -0.05) is 19.1 Å². The van der Waals surface area contributed by atoms with E-state index in [1.54, 1.807) is 23.9 Å². The summed E-state index contributed by atoms with van der Waals surface area (Å²) in [6, 6.07) is 8.97. The highest BCUT2D eigenvalue weighted by Crippen LogP contribution is 2.23. The van der Waals surface area contributed by atoms with Crippen molar-refractivity contribution in [1.29, 1.82) is 0 Å². The fourth-order valence-electron chi connectivity index (χ4n) is 2.68. The Balaban J connectivity index is 1.79. The first kappa shape index (κ1) is 17.2. The monoisotopic (exact) mass is 342 g/mol. The average molecular weight is 342 g/mol. The van der Waals surface area contributed by atoms with Crippen LogP contribution >= 0.6 is 0 Å². The third-order valence-electron chi connectivity index (χ3n) is 4.42. The lowest BCUT2D eigenvalue weighted by atomic mass is 9.88. The minimum atomic E-state index is -0.464. The second-order valence-corrected chi connectivity index (χ2v) is 6.08. The number of aromatic nitrogens is 2. The van der Waals surface area contributed by atoms with Crippen molar-refractivity contribution in [3.8, 4) is 5.69 Å². The lowest BCUT2D eigenvalue weighted by Gasteiger charge is -2.31. The maximum atomic E-state index is 12.5. The number of ether oxygens (including phenoxy) is 1. The number of hydrogen-bond acceptors (Lipinski definition) is 5. The van der Waals surface area contributed by atoms with E-state index in [4.69, 9.17) is 4.74 Å². The Hall–Kier alpha value is -2.67. The minimum absolute atomic E-state index is 0.0169. The average Bonchev–Trinajstić information content (AvgIpc) is 3.04. The highest BCUT2D eigenvalue weighted by Gasteiger charge is 2.29. The molecule has 1 atom stereocenters. The molecule has 0 radical (unpaired) electrons. The van der Waals surface area contributed by atoms with Crippen LogP contribution in [0.1, 0.15) is 24.3 Å². The molecule has 0 aliphatic carbocycles. The second-order valence-electron chi connectivity index (χ2n) is 6.08. The standard InChI is InChI=1S/C18H22N4O3/c1-3-25-18(24)15-8-9-22(21-15)16-7-5-4-6-14(16)20-17(23)12(2)13-10-19-11-13/h4-9,12-13,19H,3,10-11H2,1-2H3,(H,20,23). The van der Waals surface area contributed by atoms with Crippen LogP contribution in [-0.2, 0) is 9.53 Å². The molecular formula is C18H22N4O3. The van der Waals surface area contributed by atoms with E-state index < -0.39 is 5.97 Å². The van der Waals surface area contributed by atoms with Gasteiger partial charge in [0.15, 0.2) is 5.69 Å². The molecule has 0 bridgehead atoms. The van der Waals surface area contributed by atoms with Gasteiger partial charge < -0.3 is 15.4 Å². The summed E-state index contributed by atoms with van der Waals surface area (Å²) in [4.78, 5) is 24.3. The van der Waals surface area contributed by atoms with E-state index in [1.165, 1.54) is 0 Å². The second kappa shape index (κ2) is 7.48. The van der Waals surface area contributed by atoms with Crippen LogP contribution in [0.3, 0.4) is 0 Å². The first-order valence-electron chi connectivity index (χ1n) is 8.44. The van der Waals surface area contributed by atoms with Crippen molar-refractivity contribution in [2.45, 2.75) is 13.8 Å².